The van der Waals surface area contributed by atoms with E-state index in [0.717, 1.165) is 23.3 Å². The number of carbonyl (C=O) groups excluding carboxylic acids is 1. The van der Waals surface area contributed by atoms with E-state index in [1.54, 1.807) is 11.5 Å². The number of thiophene rings is 1. The zero-order valence-electron chi connectivity index (χ0n) is 10.1. The van der Waals surface area contributed by atoms with Crippen LogP contribution in [0.2, 0.25) is 0 Å². The maximum absolute atomic E-state index is 11.8. The first kappa shape index (κ1) is 15.0. The molecule has 1 aromatic rings. The van der Waals surface area contributed by atoms with Crippen LogP contribution in [0.1, 0.15) is 33.5 Å². The Morgan fingerprint density at radius 2 is 2.17 bits per heavy atom. The molecule has 1 heterocycles. The molecule has 3 nitrogen and oxygen atoms in total. The lowest BCUT2D eigenvalue weighted by Crippen LogP contribution is -2.29. The molecule has 0 aliphatic heterocycles. The van der Waals surface area contributed by atoms with Gasteiger partial charge in [-0.1, -0.05) is 13.3 Å². The van der Waals surface area contributed by atoms with Gasteiger partial charge in [0.2, 0.25) is 0 Å². The van der Waals surface area contributed by atoms with E-state index in [0.29, 0.717) is 4.88 Å². The average Bonchev–Trinajstić information content (AvgIpc) is 2.59. The Kier molecular flexibility index (Phi) is 5.15. The molecule has 0 spiro atoms. The third kappa shape index (κ3) is 4.66. The van der Waals surface area contributed by atoms with Crippen molar-refractivity contribution in [2.75, 3.05) is 6.61 Å². The molecule has 1 amide bonds. The molecule has 0 radical (unpaired) electrons. The molecule has 7 heteroatoms. The van der Waals surface area contributed by atoms with Crippen molar-refractivity contribution >= 4 is 17.2 Å². The lowest BCUT2D eigenvalue weighted by molar-refractivity contribution is -0.184. The number of hydroxylamine groups is 1. The molecule has 102 valence electrons. The minimum Gasteiger partial charge on any atom is -0.266 e. The van der Waals surface area contributed by atoms with E-state index in [-0.39, 0.29) is 0 Å². The highest BCUT2D eigenvalue weighted by molar-refractivity contribution is 7.14. The van der Waals surface area contributed by atoms with E-state index >= 15 is 0 Å². The zero-order valence-corrected chi connectivity index (χ0v) is 10.9. The maximum atomic E-state index is 11.8. The number of carbonyl (C=O) groups is 1. The Balaban J connectivity index is 2.54. The van der Waals surface area contributed by atoms with Crippen molar-refractivity contribution in [3.63, 3.8) is 0 Å². The summed E-state index contributed by atoms with van der Waals surface area (Å²) in [5.74, 6) is -0.644. The van der Waals surface area contributed by atoms with Crippen molar-refractivity contribution in [3.05, 3.63) is 21.4 Å². The highest BCUT2D eigenvalue weighted by Crippen LogP contribution is 2.22. The molecule has 0 aromatic carbocycles. The van der Waals surface area contributed by atoms with Gasteiger partial charge in [0.25, 0.3) is 5.91 Å². The molecular formula is C11H14F3NO2S. The number of rotatable bonds is 5. The van der Waals surface area contributed by atoms with Gasteiger partial charge in [-0.2, -0.15) is 13.2 Å². The van der Waals surface area contributed by atoms with Crippen LogP contribution in [-0.4, -0.2) is 18.7 Å². The fourth-order valence-electron chi connectivity index (χ4n) is 1.38. The first-order valence-corrected chi connectivity index (χ1v) is 6.23. The van der Waals surface area contributed by atoms with Gasteiger partial charge in [-0.15, -0.1) is 11.3 Å². The number of hydrogen-bond acceptors (Lipinski definition) is 3. The predicted octanol–water partition coefficient (Wildman–Crippen LogP) is 3.23. The molecule has 0 saturated carbocycles. The van der Waals surface area contributed by atoms with Crippen LogP contribution < -0.4 is 5.48 Å². The van der Waals surface area contributed by atoms with Gasteiger partial charge in [-0.25, -0.2) is 5.48 Å². The monoisotopic (exact) mass is 281 g/mol. The van der Waals surface area contributed by atoms with E-state index in [1.165, 1.54) is 11.3 Å². The van der Waals surface area contributed by atoms with E-state index in [1.807, 2.05) is 13.8 Å². The first-order chi connectivity index (χ1) is 8.33. The summed E-state index contributed by atoms with van der Waals surface area (Å²) in [4.78, 5) is 17.0. The summed E-state index contributed by atoms with van der Waals surface area (Å²) < 4.78 is 35.4. The van der Waals surface area contributed by atoms with Gasteiger partial charge in [0.1, 0.15) is 0 Å². The smallest absolute Gasteiger partial charge is 0.266 e. The van der Waals surface area contributed by atoms with Crippen LogP contribution >= 0.6 is 11.3 Å². The van der Waals surface area contributed by atoms with Crippen molar-refractivity contribution in [1.29, 1.82) is 0 Å². The lowest BCUT2D eigenvalue weighted by Gasteiger charge is -2.07. The molecule has 18 heavy (non-hydrogen) atoms. The van der Waals surface area contributed by atoms with Gasteiger partial charge in [0, 0.05) is 4.88 Å². The molecule has 1 N–H and O–H groups in total. The summed E-state index contributed by atoms with van der Waals surface area (Å²) in [5, 5.41) is 0. The van der Waals surface area contributed by atoms with Crippen LogP contribution in [0.15, 0.2) is 6.07 Å². The van der Waals surface area contributed by atoms with Crippen molar-refractivity contribution in [1.82, 2.24) is 5.48 Å². The number of nitrogens with one attached hydrogen (secondary N) is 1. The SMILES string of the molecule is CCCc1cc(C(=O)NOCC(F)(F)F)sc1C. The van der Waals surface area contributed by atoms with Gasteiger partial charge in [0.05, 0.1) is 4.88 Å². The summed E-state index contributed by atoms with van der Waals surface area (Å²) >= 11 is 1.25. The molecule has 0 aliphatic carbocycles. The Hall–Kier alpha value is -1.08. The molecule has 1 aromatic heterocycles. The van der Waals surface area contributed by atoms with Crippen LogP contribution in [0.3, 0.4) is 0 Å². The van der Waals surface area contributed by atoms with Gasteiger partial charge < -0.3 is 0 Å². The number of amides is 1. The third-order valence-corrected chi connectivity index (χ3v) is 3.26. The van der Waals surface area contributed by atoms with Crippen LogP contribution in [0.4, 0.5) is 13.2 Å². The third-order valence-electron chi connectivity index (χ3n) is 2.16. The van der Waals surface area contributed by atoms with Crippen LogP contribution in [-0.2, 0) is 11.3 Å². The molecular weight excluding hydrogens is 267 g/mol. The number of aryl methyl sites for hydroxylation is 2. The normalized spacial score (nSPS) is 11.6. The molecule has 0 unspecified atom stereocenters. The molecule has 0 atom stereocenters. The van der Waals surface area contributed by atoms with Crippen LogP contribution in [0, 0.1) is 6.92 Å². The van der Waals surface area contributed by atoms with E-state index < -0.39 is 18.7 Å². The highest BCUT2D eigenvalue weighted by Gasteiger charge is 2.28. The molecule has 0 fully saturated rings. The van der Waals surface area contributed by atoms with Crippen molar-refractivity contribution in [2.45, 2.75) is 32.9 Å². The van der Waals surface area contributed by atoms with Crippen molar-refractivity contribution in [3.8, 4) is 0 Å². The standard InChI is InChI=1S/C11H14F3NO2S/c1-3-4-8-5-9(18-7(8)2)10(16)15-17-6-11(12,13)14/h5H,3-4,6H2,1-2H3,(H,15,16). The van der Waals surface area contributed by atoms with Gasteiger partial charge in [-0.3, -0.25) is 9.63 Å². The summed E-state index contributed by atoms with van der Waals surface area (Å²) in [6.07, 6.45) is -2.66. The van der Waals surface area contributed by atoms with Crippen LogP contribution in [0.5, 0.6) is 0 Å². The minimum atomic E-state index is -4.45. The number of hydrogen-bond donors (Lipinski definition) is 1. The van der Waals surface area contributed by atoms with E-state index in [4.69, 9.17) is 0 Å². The topological polar surface area (TPSA) is 38.3 Å². The Labute approximate surface area is 107 Å². The van der Waals surface area contributed by atoms with Gasteiger partial charge in [0.15, 0.2) is 6.61 Å². The largest absolute Gasteiger partial charge is 0.414 e. The Morgan fingerprint density at radius 3 is 2.72 bits per heavy atom. The molecule has 0 aliphatic rings. The van der Waals surface area contributed by atoms with Crippen molar-refractivity contribution in [2.24, 2.45) is 0 Å². The summed E-state index contributed by atoms with van der Waals surface area (Å²) in [7, 11) is 0. The van der Waals surface area contributed by atoms with Gasteiger partial charge in [-0.05, 0) is 25.0 Å². The average molecular weight is 281 g/mol. The predicted molar refractivity (Wildman–Crippen MR) is 62.5 cm³/mol. The fraction of sp³-hybridized carbons (Fsp3) is 0.545. The second kappa shape index (κ2) is 6.19. The summed E-state index contributed by atoms with van der Waals surface area (Å²) in [6.45, 7) is 2.40. The first-order valence-electron chi connectivity index (χ1n) is 5.41. The van der Waals surface area contributed by atoms with E-state index in [9.17, 15) is 18.0 Å². The number of alkyl halides is 3. The molecule has 0 saturated heterocycles. The van der Waals surface area contributed by atoms with E-state index in [2.05, 4.69) is 4.84 Å². The second-order valence-electron chi connectivity index (χ2n) is 3.78. The molecule has 1 rings (SSSR count). The summed E-state index contributed by atoms with van der Waals surface area (Å²) in [5.41, 5.74) is 2.83. The molecule has 0 bridgehead atoms. The zero-order chi connectivity index (χ0) is 13.8. The van der Waals surface area contributed by atoms with Crippen LogP contribution in [0.25, 0.3) is 0 Å². The Morgan fingerprint density at radius 1 is 1.50 bits per heavy atom. The summed E-state index contributed by atoms with van der Waals surface area (Å²) in [6, 6.07) is 1.69. The lowest BCUT2D eigenvalue weighted by atomic mass is 10.1. The second-order valence-corrected chi connectivity index (χ2v) is 5.03. The fourth-order valence-corrected chi connectivity index (χ4v) is 2.34. The maximum Gasteiger partial charge on any atom is 0.414 e. The highest BCUT2D eigenvalue weighted by atomic mass is 32.1. The quantitative estimate of drug-likeness (QED) is 0.841. The minimum absolute atomic E-state index is 0.359. The van der Waals surface area contributed by atoms with Gasteiger partial charge >= 0.3 is 6.18 Å². The Bertz CT molecular complexity index is 415. The van der Waals surface area contributed by atoms with Crippen molar-refractivity contribution < 1.29 is 22.8 Å². The number of halogens is 3.